The number of nitrogens with one attached hydrogen (secondary N) is 1. The molecule has 7 nitrogen and oxygen atoms in total. The molecule has 0 aliphatic carbocycles. The number of aromatic nitrogens is 1. The summed E-state index contributed by atoms with van der Waals surface area (Å²) in [6, 6.07) is 6.66. The first-order chi connectivity index (χ1) is 11.5. The summed E-state index contributed by atoms with van der Waals surface area (Å²) in [5, 5.41) is 6.58. The molecule has 0 unspecified atom stereocenters. The fourth-order valence-electron chi connectivity index (χ4n) is 2.69. The molecular formula is C17H17N3O4. The Morgan fingerprint density at radius 1 is 1.17 bits per heavy atom. The number of rotatable bonds is 5. The lowest BCUT2D eigenvalue weighted by atomic mass is 10.1. The Hall–Kier alpha value is -2.96. The Labute approximate surface area is 138 Å². The summed E-state index contributed by atoms with van der Waals surface area (Å²) in [4.78, 5) is 37.5. The second-order valence-electron chi connectivity index (χ2n) is 5.64. The van der Waals surface area contributed by atoms with Gasteiger partial charge in [-0.1, -0.05) is 17.3 Å². The van der Waals surface area contributed by atoms with Crippen LogP contribution >= 0.6 is 0 Å². The Bertz CT molecular complexity index is 770. The minimum Gasteiger partial charge on any atom is -0.361 e. The lowest BCUT2D eigenvalue weighted by Gasteiger charge is -2.13. The summed E-state index contributed by atoms with van der Waals surface area (Å²) in [6.45, 7) is 3.94. The summed E-state index contributed by atoms with van der Waals surface area (Å²) in [5.41, 5.74) is 2.34. The van der Waals surface area contributed by atoms with Crippen LogP contribution in [0.4, 0.5) is 0 Å². The molecule has 1 aromatic heterocycles. The molecule has 2 aromatic rings. The van der Waals surface area contributed by atoms with Crippen molar-refractivity contribution in [2.45, 2.75) is 26.8 Å². The monoisotopic (exact) mass is 327 g/mol. The molecule has 0 atom stereocenters. The first kappa shape index (κ1) is 15.9. The topological polar surface area (TPSA) is 92.5 Å². The molecule has 7 heteroatoms. The van der Waals surface area contributed by atoms with Crippen LogP contribution in [0.2, 0.25) is 0 Å². The van der Waals surface area contributed by atoms with E-state index in [0.29, 0.717) is 23.4 Å². The fraction of sp³-hybridized carbons (Fsp3) is 0.294. The van der Waals surface area contributed by atoms with Gasteiger partial charge in [0, 0.05) is 25.1 Å². The maximum absolute atomic E-state index is 12.2. The van der Waals surface area contributed by atoms with Crippen molar-refractivity contribution in [3.63, 3.8) is 0 Å². The van der Waals surface area contributed by atoms with E-state index < -0.39 is 0 Å². The molecule has 1 aliphatic rings. The van der Waals surface area contributed by atoms with Gasteiger partial charge in [0.15, 0.2) is 0 Å². The molecule has 0 spiro atoms. The molecule has 0 radical (unpaired) electrons. The number of carbonyl (C=O) groups excluding carboxylic acids is 3. The number of carbonyl (C=O) groups is 3. The van der Waals surface area contributed by atoms with E-state index in [-0.39, 0.29) is 30.7 Å². The van der Waals surface area contributed by atoms with Gasteiger partial charge < -0.3 is 9.84 Å². The van der Waals surface area contributed by atoms with E-state index >= 15 is 0 Å². The second-order valence-corrected chi connectivity index (χ2v) is 5.64. The molecule has 2 heterocycles. The second kappa shape index (κ2) is 6.27. The van der Waals surface area contributed by atoms with Crippen molar-refractivity contribution in [2.75, 3.05) is 6.54 Å². The van der Waals surface area contributed by atoms with Crippen LogP contribution in [0, 0.1) is 13.8 Å². The van der Waals surface area contributed by atoms with Gasteiger partial charge in [-0.3, -0.25) is 19.3 Å². The number of aryl methyl sites for hydroxylation is 2. The highest BCUT2D eigenvalue weighted by Gasteiger charge is 2.34. The Morgan fingerprint density at radius 3 is 2.33 bits per heavy atom. The lowest BCUT2D eigenvalue weighted by molar-refractivity contribution is -0.121. The van der Waals surface area contributed by atoms with Crippen LogP contribution < -0.4 is 5.32 Å². The van der Waals surface area contributed by atoms with Crippen molar-refractivity contribution in [1.29, 1.82) is 0 Å². The van der Waals surface area contributed by atoms with E-state index in [4.69, 9.17) is 4.52 Å². The number of imide groups is 1. The van der Waals surface area contributed by atoms with Gasteiger partial charge in [0.25, 0.3) is 11.8 Å². The van der Waals surface area contributed by atoms with Crippen LogP contribution in [-0.4, -0.2) is 34.3 Å². The average molecular weight is 327 g/mol. The zero-order valence-electron chi connectivity index (χ0n) is 13.5. The molecule has 1 aliphatic heterocycles. The predicted octanol–water partition coefficient (Wildman–Crippen LogP) is 1.59. The minimum atomic E-state index is -0.353. The fourth-order valence-corrected chi connectivity index (χ4v) is 2.69. The summed E-state index contributed by atoms with van der Waals surface area (Å²) >= 11 is 0. The van der Waals surface area contributed by atoms with Gasteiger partial charge in [-0.2, -0.15) is 0 Å². The molecule has 24 heavy (non-hydrogen) atoms. The maximum Gasteiger partial charge on any atom is 0.261 e. The van der Waals surface area contributed by atoms with E-state index in [1.54, 1.807) is 38.1 Å². The SMILES string of the molecule is Cc1noc(C)c1CNC(=O)CCN1C(=O)c2ccccc2C1=O. The number of amides is 3. The Balaban J connectivity index is 1.56. The highest BCUT2D eigenvalue weighted by atomic mass is 16.5. The molecule has 124 valence electrons. The summed E-state index contributed by atoms with van der Waals surface area (Å²) in [7, 11) is 0. The standard InChI is InChI=1S/C17H17N3O4/c1-10-14(11(2)24-19-10)9-18-15(21)7-8-20-16(22)12-5-3-4-6-13(12)17(20)23/h3-6H,7-9H2,1-2H3,(H,18,21). The molecule has 1 aromatic carbocycles. The van der Waals surface area contributed by atoms with E-state index in [1.165, 1.54) is 0 Å². The molecule has 0 saturated heterocycles. The van der Waals surface area contributed by atoms with Crippen molar-refractivity contribution < 1.29 is 18.9 Å². The van der Waals surface area contributed by atoms with Crippen LogP contribution in [0.5, 0.6) is 0 Å². The molecule has 0 bridgehead atoms. The van der Waals surface area contributed by atoms with Crippen LogP contribution in [0.25, 0.3) is 0 Å². The van der Waals surface area contributed by atoms with Crippen LogP contribution in [0.3, 0.4) is 0 Å². The third-order valence-electron chi connectivity index (χ3n) is 4.08. The zero-order valence-corrected chi connectivity index (χ0v) is 13.5. The van der Waals surface area contributed by atoms with Crippen LogP contribution in [-0.2, 0) is 11.3 Å². The molecule has 0 saturated carbocycles. The number of hydrogen-bond acceptors (Lipinski definition) is 5. The summed E-state index contributed by atoms with van der Waals surface area (Å²) in [6.07, 6.45) is 0.0504. The molecule has 3 amide bonds. The van der Waals surface area contributed by atoms with E-state index in [2.05, 4.69) is 10.5 Å². The lowest BCUT2D eigenvalue weighted by Crippen LogP contribution is -2.34. The van der Waals surface area contributed by atoms with Crippen molar-refractivity contribution in [3.05, 3.63) is 52.4 Å². The third-order valence-corrected chi connectivity index (χ3v) is 4.08. The predicted molar refractivity (Wildman–Crippen MR) is 84.2 cm³/mol. The van der Waals surface area contributed by atoms with Crippen molar-refractivity contribution in [2.24, 2.45) is 0 Å². The normalized spacial score (nSPS) is 13.3. The summed E-state index contributed by atoms with van der Waals surface area (Å²) < 4.78 is 5.03. The van der Waals surface area contributed by atoms with Gasteiger partial charge in [0.1, 0.15) is 5.76 Å². The molecular weight excluding hydrogens is 310 g/mol. The zero-order chi connectivity index (χ0) is 17.3. The smallest absolute Gasteiger partial charge is 0.261 e. The number of nitrogens with zero attached hydrogens (tertiary/aromatic N) is 2. The van der Waals surface area contributed by atoms with Crippen LogP contribution in [0.15, 0.2) is 28.8 Å². The first-order valence-electron chi connectivity index (χ1n) is 7.62. The van der Waals surface area contributed by atoms with Gasteiger partial charge in [-0.15, -0.1) is 0 Å². The average Bonchev–Trinajstić information content (AvgIpc) is 3.02. The van der Waals surface area contributed by atoms with Crippen molar-refractivity contribution in [3.8, 4) is 0 Å². The largest absolute Gasteiger partial charge is 0.361 e. The number of hydrogen-bond donors (Lipinski definition) is 1. The van der Waals surface area contributed by atoms with Crippen LogP contribution in [0.1, 0.15) is 44.2 Å². The van der Waals surface area contributed by atoms with E-state index in [1.807, 2.05) is 0 Å². The van der Waals surface area contributed by atoms with Gasteiger partial charge in [0.05, 0.1) is 16.8 Å². The van der Waals surface area contributed by atoms with Crippen molar-refractivity contribution in [1.82, 2.24) is 15.4 Å². The van der Waals surface area contributed by atoms with Gasteiger partial charge in [-0.25, -0.2) is 0 Å². The van der Waals surface area contributed by atoms with Gasteiger partial charge in [-0.05, 0) is 26.0 Å². The Kier molecular flexibility index (Phi) is 4.16. The first-order valence-corrected chi connectivity index (χ1v) is 7.62. The van der Waals surface area contributed by atoms with E-state index in [9.17, 15) is 14.4 Å². The number of fused-ring (bicyclic) bond motifs is 1. The van der Waals surface area contributed by atoms with Gasteiger partial charge >= 0.3 is 0 Å². The molecule has 1 N–H and O–H groups in total. The molecule has 0 fully saturated rings. The quantitative estimate of drug-likeness (QED) is 0.842. The van der Waals surface area contributed by atoms with Gasteiger partial charge in [0.2, 0.25) is 5.91 Å². The highest BCUT2D eigenvalue weighted by Crippen LogP contribution is 2.22. The van der Waals surface area contributed by atoms with Crippen molar-refractivity contribution >= 4 is 17.7 Å². The highest BCUT2D eigenvalue weighted by molar-refractivity contribution is 6.21. The minimum absolute atomic E-state index is 0.0504. The van der Waals surface area contributed by atoms with E-state index in [0.717, 1.165) is 16.2 Å². The maximum atomic E-state index is 12.2. The summed E-state index contributed by atoms with van der Waals surface area (Å²) in [5.74, 6) is -0.289. The Morgan fingerprint density at radius 2 is 1.79 bits per heavy atom. The molecule has 3 rings (SSSR count). The third kappa shape index (κ3) is 2.80. The number of benzene rings is 1.